The Labute approximate surface area is 117 Å². The van der Waals surface area contributed by atoms with Gasteiger partial charge in [-0.25, -0.2) is 0 Å². The summed E-state index contributed by atoms with van der Waals surface area (Å²) < 4.78 is 0. The number of fused-ring (bicyclic) bond motifs is 1. The van der Waals surface area contributed by atoms with E-state index in [-0.39, 0.29) is 5.91 Å². The molecule has 0 aliphatic carbocycles. The molecule has 0 saturated heterocycles. The number of unbranched alkanes of at least 4 members (excludes halogenated alkanes) is 2. The van der Waals surface area contributed by atoms with E-state index in [4.69, 9.17) is 0 Å². The van der Waals surface area contributed by atoms with Crippen LogP contribution < -0.4 is 4.90 Å². The van der Waals surface area contributed by atoms with Gasteiger partial charge in [0.25, 0.3) is 0 Å². The molecule has 1 aromatic carbocycles. The van der Waals surface area contributed by atoms with Gasteiger partial charge in [-0.05, 0) is 23.6 Å². The Morgan fingerprint density at radius 1 is 1.39 bits per heavy atom. The lowest BCUT2D eigenvalue weighted by molar-refractivity contribution is -0.117. The summed E-state index contributed by atoms with van der Waals surface area (Å²) in [6.45, 7) is 2.22. The van der Waals surface area contributed by atoms with Crippen LogP contribution in [0.1, 0.15) is 48.6 Å². The fraction of sp³-hybridized carbons (Fsp3) is 0.533. The van der Waals surface area contributed by atoms with Crippen molar-refractivity contribution in [3.63, 3.8) is 0 Å². The van der Waals surface area contributed by atoms with Gasteiger partial charge in [0.05, 0.1) is 6.42 Å². The van der Waals surface area contributed by atoms with Gasteiger partial charge in [-0.1, -0.05) is 54.2 Å². The summed E-state index contributed by atoms with van der Waals surface area (Å²) in [4.78, 5) is 13.8. The van der Waals surface area contributed by atoms with Crippen LogP contribution in [0.15, 0.2) is 18.2 Å². The van der Waals surface area contributed by atoms with Crippen LogP contribution in [-0.4, -0.2) is 13.0 Å². The SMILES string of the molecule is CCCCCC(Br)c1ccc2c(c1)CC(=O)N2C. The summed E-state index contributed by atoms with van der Waals surface area (Å²) in [6.07, 6.45) is 5.50. The number of nitrogens with zero attached hydrogens (tertiary/aromatic N) is 1. The molecule has 98 valence electrons. The number of anilines is 1. The van der Waals surface area contributed by atoms with E-state index in [2.05, 4.69) is 41.1 Å². The van der Waals surface area contributed by atoms with E-state index in [1.54, 1.807) is 4.90 Å². The first-order valence-corrected chi connectivity index (χ1v) is 7.58. The number of likely N-dealkylation sites (N-methyl/N-ethyl adjacent to an activating group) is 1. The number of halogens is 1. The van der Waals surface area contributed by atoms with E-state index in [0.29, 0.717) is 11.2 Å². The van der Waals surface area contributed by atoms with Crippen molar-refractivity contribution in [1.29, 1.82) is 0 Å². The van der Waals surface area contributed by atoms with Gasteiger partial charge < -0.3 is 4.90 Å². The molecule has 1 amide bonds. The van der Waals surface area contributed by atoms with E-state index >= 15 is 0 Å². The molecule has 2 nitrogen and oxygen atoms in total. The molecule has 3 heteroatoms. The molecule has 0 saturated carbocycles. The average Bonchev–Trinajstić information content (AvgIpc) is 2.65. The van der Waals surface area contributed by atoms with Crippen molar-refractivity contribution in [2.24, 2.45) is 0 Å². The van der Waals surface area contributed by atoms with E-state index in [1.807, 2.05) is 7.05 Å². The minimum Gasteiger partial charge on any atom is -0.315 e. The Hall–Kier alpha value is -0.830. The molecule has 18 heavy (non-hydrogen) atoms. The molecule has 1 unspecified atom stereocenters. The second kappa shape index (κ2) is 5.87. The Kier molecular flexibility index (Phi) is 4.44. The topological polar surface area (TPSA) is 20.3 Å². The minimum absolute atomic E-state index is 0.194. The quantitative estimate of drug-likeness (QED) is 0.589. The molecular formula is C15H20BrNO. The molecule has 0 fully saturated rings. The first-order chi connectivity index (χ1) is 8.63. The summed E-state index contributed by atoms with van der Waals surface area (Å²) in [7, 11) is 1.85. The number of hydrogen-bond acceptors (Lipinski definition) is 1. The first-order valence-electron chi connectivity index (χ1n) is 6.67. The summed E-state index contributed by atoms with van der Waals surface area (Å²) in [5.41, 5.74) is 3.53. The summed E-state index contributed by atoms with van der Waals surface area (Å²) in [5.74, 6) is 0.194. The second-order valence-electron chi connectivity index (χ2n) is 4.98. The van der Waals surface area contributed by atoms with Gasteiger partial charge in [0.1, 0.15) is 0 Å². The third-order valence-electron chi connectivity index (χ3n) is 3.60. The standard InChI is InChI=1S/C15H20BrNO/c1-3-4-5-6-13(16)11-7-8-14-12(9-11)10-15(18)17(14)2/h7-9,13H,3-6,10H2,1-2H3. The van der Waals surface area contributed by atoms with Gasteiger partial charge in [0.15, 0.2) is 0 Å². The predicted octanol–water partition coefficient (Wildman–Crippen LogP) is 4.22. The molecular weight excluding hydrogens is 290 g/mol. The van der Waals surface area contributed by atoms with Crippen LogP contribution in [0.5, 0.6) is 0 Å². The van der Waals surface area contributed by atoms with Crippen molar-refractivity contribution in [1.82, 2.24) is 0 Å². The zero-order valence-electron chi connectivity index (χ0n) is 11.1. The number of amides is 1. The monoisotopic (exact) mass is 309 g/mol. The van der Waals surface area contributed by atoms with Crippen molar-refractivity contribution in [3.8, 4) is 0 Å². The fourth-order valence-electron chi connectivity index (χ4n) is 2.43. The third-order valence-corrected chi connectivity index (χ3v) is 4.59. The average molecular weight is 310 g/mol. The maximum atomic E-state index is 11.6. The van der Waals surface area contributed by atoms with Gasteiger partial charge in [-0.2, -0.15) is 0 Å². The van der Waals surface area contributed by atoms with Crippen LogP contribution >= 0.6 is 15.9 Å². The van der Waals surface area contributed by atoms with Gasteiger partial charge in [0, 0.05) is 17.6 Å². The molecule has 0 radical (unpaired) electrons. The first kappa shape index (κ1) is 13.6. The number of carbonyl (C=O) groups is 1. The molecule has 1 heterocycles. The molecule has 1 atom stereocenters. The van der Waals surface area contributed by atoms with Crippen molar-refractivity contribution in [2.45, 2.75) is 43.9 Å². The molecule has 1 aromatic rings. The van der Waals surface area contributed by atoms with Gasteiger partial charge >= 0.3 is 0 Å². The van der Waals surface area contributed by atoms with Gasteiger partial charge in [-0.3, -0.25) is 4.79 Å². The molecule has 0 spiro atoms. The van der Waals surface area contributed by atoms with E-state index in [0.717, 1.165) is 12.1 Å². The lowest BCUT2D eigenvalue weighted by atomic mass is 10.0. The highest BCUT2D eigenvalue weighted by molar-refractivity contribution is 9.09. The number of rotatable bonds is 5. The fourth-order valence-corrected chi connectivity index (χ4v) is 3.03. The number of carbonyl (C=O) groups excluding carboxylic acids is 1. The summed E-state index contributed by atoms with van der Waals surface area (Å²) in [6, 6.07) is 6.39. The summed E-state index contributed by atoms with van der Waals surface area (Å²) >= 11 is 3.76. The van der Waals surface area contributed by atoms with Crippen molar-refractivity contribution < 1.29 is 4.79 Å². The Morgan fingerprint density at radius 2 is 2.17 bits per heavy atom. The summed E-state index contributed by atoms with van der Waals surface area (Å²) in [5, 5.41) is 0. The van der Waals surface area contributed by atoms with Crippen LogP contribution in [0.3, 0.4) is 0 Å². The molecule has 0 bridgehead atoms. The highest BCUT2D eigenvalue weighted by Crippen LogP contribution is 2.34. The lowest BCUT2D eigenvalue weighted by Gasteiger charge is -2.13. The van der Waals surface area contributed by atoms with E-state index in [9.17, 15) is 4.79 Å². The van der Waals surface area contributed by atoms with E-state index in [1.165, 1.54) is 30.4 Å². The smallest absolute Gasteiger partial charge is 0.231 e. The number of benzene rings is 1. The largest absolute Gasteiger partial charge is 0.315 e. The zero-order valence-corrected chi connectivity index (χ0v) is 12.7. The Morgan fingerprint density at radius 3 is 2.89 bits per heavy atom. The molecule has 2 rings (SSSR count). The molecule has 0 N–H and O–H groups in total. The molecule has 1 aliphatic heterocycles. The Balaban J connectivity index is 2.08. The van der Waals surface area contributed by atoms with Crippen molar-refractivity contribution in [2.75, 3.05) is 11.9 Å². The van der Waals surface area contributed by atoms with Crippen LogP contribution in [-0.2, 0) is 11.2 Å². The second-order valence-corrected chi connectivity index (χ2v) is 6.09. The third kappa shape index (κ3) is 2.77. The van der Waals surface area contributed by atoms with E-state index < -0.39 is 0 Å². The maximum Gasteiger partial charge on any atom is 0.231 e. The van der Waals surface area contributed by atoms with Gasteiger partial charge in [0.2, 0.25) is 5.91 Å². The number of alkyl halides is 1. The highest BCUT2D eigenvalue weighted by atomic mass is 79.9. The molecule has 1 aliphatic rings. The minimum atomic E-state index is 0.194. The highest BCUT2D eigenvalue weighted by Gasteiger charge is 2.24. The van der Waals surface area contributed by atoms with Crippen molar-refractivity contribution in [3.05, 3.63) is 29.3 Å². The molecule has 0 aromatic heterocycles. The zero-order chi connectivity index (χ0) is 13.1. The van der Waals surface area contributed by atoms with Crippen molar-refractivity contribution >= 4 is 27.5 Å². The maximum absolute atomic E-state index is 11.6. The Bertz CT molecular complexity index is 444. The van der Waals surface area contributed by atoms with Crippen LogP contribution in [0.25, 0.3) is 0 Å². The predicted molar refractivity (Wildman–Crippen MR) is 79.4 cm³/mol. The van der Waals surface area contributed by atoms with Crippen LogP contribution in [0, 0.1) is 0 Å². The number of hydrogen-bond donors (Lipinski definition) is 0. The normalized spacial score (nSPS) is 15.9. The lowest BCUT2D eigenvalue weighted by Crippen LogP contribution is -2.20. The van der Waals surface area contributed by atoms with Crippen LogP contribution in [0.4, 0.5) is 5.69 Å². The van der Waals surface area contributed by atoms with Gasteiger partial charge in [-0.15, -0.1) is 0 Å². The van der Waals surface area contributed by atoms with Crippen LogP contribution in [0.2, 0.25) is 0 Å².